The number of rotatable bonds is 4. The third-order valence-electron chi connectivity index (χ3n) is 3.94. The van der Waals surface area contributed by atoms with Crippen LogP contribution in [0.5, 0.6) is 0 Å². The molecule has 2 aromatic rings. The average molecular weight is 321 g/mol. The summed E-state index contributed by atoms with van der Waals surface area (Å²) in [5, 5.41) is 13.7. The van der Waals surface area contributed by atoms with Crippen molar-refractivity contribution in [2.45, 2.75) is 23.5 Å². The summed E-state index contributed by atoms with van der Waals surface area (Å²) in [7, 11) is -3.20. The van der Waals surface area contributed by atoms with Crippen LogP contribution in [0.1, 0.15) is 6.42 Å². The van der Waals surface area contributed by atoms with E-state index < -0.39 is 15.4 Å². The first kappa shape index (κ1) is 15.2. The number of benzene rings is 1. The molecule has 1 fully saturated rings. The molecular weight excluding hydrogens is 302 g/mol. The molecule has 1 aromatic heterocycles. The molecule has 22 heavy (non-hydrogen) atoms. The first-order valence-electron chi connectivity index (χ1n) is 7.12. The number of sulfone groups is 1. The highest BCUT2D eigenvalue weighted by Crippen LogP contribution is 2.23. The third-order valence-corrected chi connectivity index (χ3v) is 5.07. The highest BCUT2D eigenvalue weighted by molar-refractivity contribution is 7.90. The molecule has 0 bridgehead atoms. The molecule has 1 aliphatic rings. The molecule has 0 spiro atoms. The summed E-state index contributed by atoms with van der Waals surface area (Å²) in [6.07, 6.45) is 5.41. The molecule has 2 heterocycles. The number of hydrogen-bond donors (Lipinski definition) is 2. The molecular formula is C15H19N3O3S. The van der Waals surface area contributed by atoms with Gasteiger partial charge < -0.3 is 15.0 Å². The summed E-state index contributed by atoms with van der Waals surface area (Å²) in [5.41, 5.74) is 0.0641. The Morgan fingerprint density at radius 3 is 2.68 bits per heavy atom. The zero-order valence-electron chi connectivity index (χ0n) is 12.4. The fourth-order valence-electron chi connectivity index (χ4n) is 2.73. The van der Waals surface area contributed by atoms with Gasteiger partial charge in [0.15, 0.2) is 9.84 Å². The molecule has 6 nitrogen and oxygen atoms in total. The van der Waals surface area contributed by atoms with Gasteiger partial charge in [0.25, 0.3) is 0 Å². The summed E-state index contributed by atoms with van der Waals surface area (Å²) >= 11 is 0. The van der Waals surface area contributed by atoms with E-state index in [2.05, 4.69) is 10.3 Å². The number of nitrogens with zero attached hydrogens (tertiary/aromatic N) is 2. The molecule has 0 aliphatic carbocycles. The molecule has 1 saturated heterocycles. The Bertz CT molecular complexity index is 760. The molecule has 2 N–H and O–H groups in total. The van der Waals surface area contributed by atoms with Crippen molar-refractivity contribution < 1.29 is 13.5 Å². The number of nitrogens with one attached hydrogen (secondary N) is 1. The lowest BCUT2D eigenvalue weighted by atomic mass is 10.0. The molecule has 1 aromatic carbocycles. The molecule has 7 heteroatoms. The van der Waals surface area contributed by atoms with Crippen LogP contribution >= 0.6 is 0 Å². The fraction of sp³-hybridized carbons (Fsp3) is 0.400. The van der Waals surface area contributed by atoms with Crippen LogP contribution in [0.3, 0.4) is 0 Å². The normalized spacial score (nSPS) is 22.1. The largest absolute Gasteiger partial charge is 0.387 e. The van der Waals surface area contributed by atoms with E-state index in [1.165, 1.54) is 6.26 Å². The van der Waals surface area contributed by atoms with Crippen molar-refractivity contribution in [2.75, 3.05) is 19.3 Å². The van der Waals surface area contributed by atoms with Crippen molar-refractivity contribution in [1.82, 2.24) is 14.9 Å². The Hall–Kier alpha value is -1.70. The van der Waals surface area contributed by atoms with E-state index in [4.69, 9.17) is 0 Å². The summed E-state index contributed by atoms with van der Waals surface area (Å²) in [6.45, 7) is 1.84. The maximum absolute atomic E-state index is 11.5. The van der Waals surface area contributed by atoms with E-state index in [1.807, 2.05) is 10.8 Å². The van der Waals surface area contributed by atoms with E-state index >= 15 is 0 Å². The first-order chi connectivity index (χ1) is 10.4. The van der Waals surface area contributed by atoms with Crippen molar-refractivity contribution in [1.29, 1.82) is 0 Å². The minimum atomic E-state index is -3.20. The van der Waals surface area contributed by atoms with Crippen molar-refractivity contribution >= 4 is 9.84 Å². The fourth-order valence-corrected chi connectivity index (χ4v) is 3.36. The van der Waals surface area contributed by atoms with Crippen molar-refractivity contribution in [3.05, 3.63) is 36.7 Å². The second-order valence-electron chi connectivity index (χ2n) is 5.83. The van der Waals surface area contributed by atoms with Gasteiger partial charge in [-0.2, -0.15) is 0 Å². The van der Waals surface area contributed by atoms with Crippen LogP contribution in [-0.2, 0) is 16.4 Å². The summed E-state index contributed by atoms with van der Waals surface area (Å²) in [5.74, 6) is 0.723. The maximum atomic E-state index is 11.5. The van der Waals surface area contributed by atoms with Gasteiger partial charge in [-0.25, -0.2) is 13.4 Å². The Morgan fingerprint density at radius 2 is 2.09 bits per heavy atom. The first-order valence-corrected chi connectivity index (χ1v) is 9.01. The molecule has 3 rings (SSSR count). The van der Waals surface area contributed by atoms with Crippen LogP contribution in [-0.4, -0.2) is 48.0 Å². The average Bonchev–Trinajstić information content (AvgIpc) is 3.08. The summed E-state index contributed by atoms with van der Waals surface area (Å²) in [6, 6.07) is 6.64. The van der Waals surface area contributed by atoms with Crippen LogP contribution in [0, 0.1) is 0 Å². The summed E-state index contributed by atoms with van der Waals surface area (Å²) < 4.78 is 24.9. The van der Waals surface area contributed by atoms with Crippen molar-refractivity contribution in [3.63, 3.8) is 0 Å². The topological polar surface area (TPSA) is 84.2 Å². The van der Waals surface area contributed by atoms with E-state index in [0.29, 0.717) is 19.5 Å². The Morgan fingerprint density at radius 1 is 1.36 bits per heavy atom. The monoisotopic (exact) mass is 321 g/mol. The smallest absolute Gasteiger partial charge is 0.175 e. The van der Waals surface area contributed by atoms with Crippen molar-refractivity contribution in [3.8, 4) is 11.4 Å². The van der Waals surface area contributed by atoms with Gasteiger partial charge in [-0.05, 0) is 37.2 Å². The van der Waals surface area contributed by atoms with Crippen LogP contribution < -0.4 is 5.32 Å². The van der Waals surface area contributed by atoms with E-state index in [1.54, 1.807) is 30.5 Å². The molecule has 1 atom stereocenters. The summed E-state index contributed by atoms with van der Waals surface area (Å²) in [4.78, 5) is 4.62. The van der Waals surface area contributed by atoms with Gasteiger partial charge >= 0.3 is 0 Å². The molecule has 1 unspecified atom stereocenters. The van der Waals surface area contributed by atoms with Gasteiger partial charge in [0.2, 0.25) is 0 Å². The minimum Gasteiger partial charge on any atom is -0.387 e. The van der Waals surface area contributed by atoms with Crippen LogP contribution in [0.25, 0.3) is 11.4 Å². The quantitative estimate of drug-likeness (QED) is 0.865. The van der Waals surface area contributed by atoms with Gasteiger partial charge in [-0.3, -0.25) is 0 Å². The predicted molar refractivity (Wildman–Crippen MR) is 83.2 cm³/mol. The molecule has 0 radical (unpaired) electrons. The van der Waals surface area contributed by atoms with E-state index in [9.17, 15) is 13.5 Å². The molecule has 1 aliphatic heterocycles. The molecule has 0 amide bonds. The Labute approximate surface area is 129 Å². The number of imidazole rings is 1. The van der Waals surface area contributed by atoms with Crippen LogP contribution in [0.4, 0.5) is 0 Å². The molecule has 0 saturated carbocycles. The van der Waals surface area contributed by atoms with Crippen molar-refractivity contribution in [2.24, 2.45) is 0 Å². The lowest BCUT2D eigenvalue weighted by Crippen LogP contribution is -2.36. The number of aliphatic hydroxyl groups is 1. The van der Waals surface area contributed by atoms with Gasteiger partial charge in [0.1, 0.15) is 5.82 Å². The maximum Gasteiger partial charge on any atom is 0.175 e. The predicted octanol–water partition coefficient (Wildman–Crippen LogP) is 0.678. The Balaban J connectivity index is 1.88. The van der Waals surface area contributed by atoms with Crippen LogP contribution in [0.2, 0.25) is 0 Å². The van der Waals surface area contributed by atoms with Gasteiger partial charge in [0, 0.05) is 30.8 Å². The Kier molecular flexibility index (Phi) is 3.80. The lowest BCUT2D eigenvalue weighted by molar-refractivity contribution is 0.0436. The standard InChI is InChI=1S/C15H19N3O3S/c1-22(20,21)13-4-2-12(3-5-13)14-17-8-9-18(14)11-15(19)6-7-16-10-15/h2-5,8-9,16,19H,6-7,10-11H2,1H3. The van der Waals surface area contributed by atoms with Gasteiger partial charge in [-0.1, -0.05) is 0 Å². The SMILES string of the molecule is CS(=O)(=O)c1ccc(-c2nccn2CC2(O)CCNC2)cc1. The minimum absolute atomic E-state index is 0.285. The zero-order valence-corrected chi connectivity index (χ0v) is 13.2. The van der Waals surface area contributed by atoms with E-state index in [-0.39, 0.29) is 4.90 Å². The van der Waals surface area contributed by atoms with Crippen LogP contribution in [0.15, 0.2) is 41.6 Å². The van der Waals surface area contributed by atoms with Gasteiger partial charge in [-0.15, -0.1) is 0 Å². The highest BCUT2D eigenvalue weighted by Gasteiger charge is 2.32. The number of β-amino-alcohol motifs (C(OH)–C–C–N with tert-alkyl or cyclic N) is 1. The third kappa shape index (κ3) is 3.06. The highest BCUT2D eigenvalue weighted by atomic mass is 32.2. The second-order valence-corrected chi connectivity index (χ2v) is 7.84. The second kappa shape index (κ2) is 5.49. The number of aromatic nitrogens is 2. The number of hydrogen-bond acceptors (Lipinski definition) is 5. The lowest BCUT2D eigenvalue weighted by Gasteiger charge is -2.22. The zero-order chi connectivity index (χ0) is 15.8. The van der Waals surface area contributed by atoms with Gasteiger partial charge in [0.05, 0.1) is 17.0 Å². The van der Waals surface area contributed by atoms with E-state index in [0.717, 1.165) is 17.9 Å². The molecule has 118 valence electrons.